The fourth-order valence-electron chi connectivity index (χ4n) is 0.675. The maximum absolute atomic E-state index is 4.19. The van der Waals surface area contributed by atoms with Crippen LogP contribution in [-0.2, 0) is 7.05 Å². The van der Waals surface area contributed by atoms with Gasteiger partial charge >= 0.3 is 0 Å². The van der Waals surface area contributed by atoms with Gasteiger partial charge in [-0.15, -0.1) is 0 Å². The molecule has 9 heavy (non-hydrogen) atoms. The van der Waals surface area contributed by atoms with E-state index in [1.54, 1.807) is 0 Å². The van der Waals surface area contributed by atoms with Crippen molar-refractivity contribution in [1.29, 1.82) is 0 Å². The lowest BCUT2D eigenvalue weighted by Crippen LogP contribution is -1.90. The molecule has 0 aliphatic carbocycles. The molecule has 1 heterocycles. The van der Waals surface area contributed by atoms with Crippen molar-refractivity contribution in [2.75, 3.05) is 0 Å². The summed E-state index contributed by atoms with van der Waals surface area (Å²) in [6.45, 7) is 4.05. The van der Waals surface area contributed by atoms with Crippen LogP contribution >= 0.6 is 15.9 Å². The highest BCUT2D eigenvalue weighted by Crippen LogP contribution is 2.12. The second-order valence-corrected chi connectivity index (χ2v) is 2.82. The van der Waals surface area contributed by atoms with E-state index in [1.165, 1.54) is 5.69 Å². The molecular weight excluding hydrogens is 180 g/mol. The van der Waals surface area contributed by atoms with E-state index >= 15 is 0 Å². The van der Waals surface area contributed by atoms with Crippen LogP contribution in [0, 0.1) is 13.8 Å². The molecule has 0 atom stereocenters. The van der Waals surface area contributed by atoms with Crippen LogP contribution in [0.5, 0.6) is 0 Å². The maximum Gasteiger partial charge on any atom is 0.177 e. The van der Waals surface area contributed by atoms with Crippen LogP contribution in [0.4, 0.5) is 0 Å². The third-order valence-corrected chi connectivity index (χ3v) is 2.27. The highest BCUT2D eigenvalue weighted by atomic mass is 79.9. The lowest BCUT2D eigenvalue weighted by molar-refractivity contribution is 0.845. The third-order valence-electron chi connectivity index (χ3n) is 1.56. The van der Waals surface area contributed by atoms with Crippen LogP contribution in [0.2, 0.25) is 0 Å². The minimum atomic E-state index is 0.900. The van der Waals surface area contributed by atoms with Gasteiger partial charge in [0, 0.05) is 12.7 Å². The van der Waals surface area contributed by atoms with Crippen molar-refractivity contribution in [3.05, 3.63) is 16.1 Å². The molecule has 0 amide bonds. The maximum atomic E-state index is 4.19. The monoisotopic (exact) mass is 188 g/mol. The number of halogens is 1. The van der Waals surface area contributed by atoms with E-state index in [-0.39, 0.29) is 0 Å². The van der Waals surface area contributed by atoms with Crippen molar-refractivity contribution in [2.45, 2.75) is 13.8 Å². The summed E-state index contributed by atoms with van der Waals surface area (Å²) in [6.07, 6.45) is 0. The molecule has 0 saturated heterocycles. The lowest BCUT2D eigenvalue weighted by atomic mass is 10.4. The number of aryl methyl sites for hydroxylation is 1. The van der Waals surface area contributed by atoms with Crippen molar-refractivity contribution in [1.82, 2.24) is 9.55 Å². The molecular formula is C6H9BrN2. The Kier molecular flexibility index (Phi) is 1.62. The normalized spacial score (nSPS) is 10.2. The summed E-state index contributed by atoms with van der Waals surface area (Å²) in [4.78, 5) is 4.19. The van der Waals surface area contributed by atoms with Gasteiger partial charge in [0.1, 0.15) is 0 Å². The predicted molar refractivity (Wildman–Crippen MR) is 40.4 cm³/mol. The molecule has 0 aliphatic heterocycles. The first-order valence-electron chi connectivity index (χ1n) is 2.78. The Morgan fingerprint density at radius 2 is 2.00 bits per heavy atom. The zero-order valence-electron chi connectivity index (χ0n) is 5.77. The van der Waals surface area contributed by atoms with Crippen LogP contribution in [-0.4, -0.2) is 9.55 Å². The van der Waals surface area contributed by atoms with Crippen molar-refractivity contribution in [2.24, 2.45) is 7.05 Å². The van der Waals surface area contributed by atoms with Gasteiger partial charge in [0.15, 0.2) is 4.73 Å². The summed E-state index contributed by atoms with van der Waals surface area (Å²) in [5.74, 6) is 0. The molecule has 0 aliphatic rings. The molecule has 0 bridgehead atoms. The number of hydrogen-bond acceptors (Lipinski definition) is 1. The summed E-state index contributed by atoms with van der Waals surface area (Å²) in [6, 6.07) is 0. The molecule has 0 spiro atoms. The first-order valence-corrected chi connectivity index (χ1v) is 3.57. The molecule has 0 N–H and O–H groups in total. The summed E-state index contributed by atoms with van der Waals surface area (Å²) in [5.41, 5.74) is 2.30. The van der Waals surface area contributed by atoms with Crippen molar-refractivity contribution < 1.29 is 0 Å². The topological polar surface area (TPSA) is 17.8 Å². The zero-order chi connectivity index (χ0) is 7.02. The summed E-state index contributed by atoms with van der Waals surface area (Å²) < 4.78 is 2.91. The van der Waals surface area contributed by atoms with E-state index in [1.807, 2.05) is 25.5 Å². The van der Waals surface area contributed by atoms with E-state index in [4.69, 9.17) is 0 Å². The average Bonchev–Trinajstić information content (AvgIpc) is 1.98. The Morgan fingerprint density at radius 1 is 1.44 bits per heavy atom. The molecule has 1 aromatic heterocycles. The second-order valence-electron chi connectivity index (χ2n) is 2.11. The van der Waals surface area contributed by atoms with Gasteiger partial charge in [0.2, 0.25) is 0 Å². The van der Waals surface area contributed by atoms with Crippen LogP contribution in [0.15, 0.2) is 4.73 Å². The molecule has 0 aromatic carbocycles. The van der Waals surface area contributed by atoms with Gasteiger partial charge in [-0.3, -0.25) is 0 Å². The van der Waals surface area contributed by atoms with Gasteiger partial charge in [-0.1, -0.05) is 0 Å². The van der Waals surface area contributed by atoms with Gasteiger partial charge in [-0.25, -0.2) is 4.98 Å². The van der Waals surface area contributed by atoms with Crippen LogP contribution < -0.4 is 0 Å². The van der Waals surface area contributed by atoms with E-state index in [0.717, 1.165) is 10.4 Å². The molecule has 0 unspecified atom stereocenters. The van der Waals surface area contributed by atoms with Crippen molar-refractivity contribution in [3.63, 3.8) is 0 Å². The van der Waals surface area contributed by atoms with E-state index in [2.05, 4.69) is 20.9 Å². The van der Waals surface area contributed by atoms with E-state index < -0.39 is 0 Å². The number of rotatable bonds is 0. The van der Waals surface area contributed by atoms with Gasteiger partial charge < -0.3 is 4.57 Å². The first kappa shape index (κ1) is 6.81. The quantitative estimate of drug-likeness (QED) is 0.608. The molecule has 0 radical (unpaired) electrons. The Labute approximate surface area is 63.0 Å². The third kappa shape index (κ3) is 1.01. The Bertz CT molecular complexity index is 205. The largest absolute Gasteiger partial charge is 0.326 e. The SMILES string of the molecule is Cc1nc(Br)n(C)c1C. The van der Waals surface area contributed by atoms with E-state index in [0.29, 0.717) is 0 Å². The Hall–Kier alpha value is -0.310. The smallest absolute Gasteiger partial charge is 0.177 e. The standard InChI is InChI=1S/C6H9BrN2/c1-4-5(2)9(3)6(7)8-4/h1-3H3. The van der Waals surface area contributed by atoms with Crippen molar-refractivity contribution in [3.8, 4) is 0 Å². The molecule has 3 heteroatoms. The minimum Gasteiger partial charge on any atom is -0.326 e. The highest BCUT2D eigenvalue weighted by molar-refractivity contribution is 9.10. The summed E-state index contributed by atoms with van der Waals surface area (Å²) in [5, 5.41) is 0. The number of imidazole rings is 1. The Balaban J connectivity index is 3.29. The van der Waals surface area contributed by atoms with Gasteiger partial charge in [0.25, 0.3) is 0 Å². The molecule has 1 aromatic rings. The van der Waals surface area contributed by atoms with Crippen LogP contribution in [0.3, 0.4) is 0 Å². The highest BCUT2D eigenvalue weighted by Gasteiger charge is 2.02. The number of nitrogens with zero attached hydrogens (tertiary/aromatic N) is 2. The fraction of sp³-hybridized carbons (Fsp3) is 0.500. The molecule has 1 rings (SSSR count). The lowest BCUT2D eigenvalue weighted by Gasteiger charge is -1.93. The summed E-state index contributed by atoms with van der Waals surface area (Å²) in [7, 11) is 1.99. The minimum absolute atomic E-state index is 0.900. The van der Waals surface area contributed by atoms with E-state index in [9.17, 15) is 0 Å². The van der Waals surface area contributed by atoms with Gasteiger partial charge in [-0.05, 0) is 29.8 Å². The molecule has 2 nitrogen and oxygen atoms in total. The van der Waals surface area contributed by atoms with Crippen LogP contribution in [0.25, 0.3) is 0 Å². The summed E-state index contributed by atoms with van der Waals surface area (Å²) >= 11 is 3.32. The zero-order valence-corrected chi connectivity index (χ0v) is 7.36. The van der Waals surface area contributed by atoms with Crippen LogP contribution in [0.1, 0.15) is 11.4 Å². The molecule has 50 valence electrons. The second kappa shape index (κ2) is 2.14. The number of hydrogen-bond donors (Lipinski definition) is 0. The number of aromatic nitrogens is 2. The Morgan fingerprint density at radius 3 is 2.11 bits per heavy atom. The van der Waals surface area contributed by atoms with Gasteiger partial charge in [-0.2, -0.15) is 0 Å². The first-order chi connectivity index (χ1) is 4.13. The molecule has 0 saturated carbocycles. The average molecular weight is 189 g/mol. The van der Waals surface area contributed by atoms with Gasteiger partial charge in [0.05, 0.1) is 5.69 Å². The predicted octanol–water partition coefficient (Wildman–Crippen LogP) is 1.80. The van der Waals surface area contributed by atoms with Crippen molar-refractivity contribution >= 4 is 15.9 Å². The fourth-order valence-corrected chi connectivity index (χ4v) is 1.21. The molecule has 0 fully saturated rings.